The van der Waals surface area contributed by atoms with Crippen LogP contribution in [-0.2, 0) is 12.7 Å². The average Bonchev–Trinajstić information content (AvgIpc) is 2.63. The zero-order valence-electron chi connectivity index (χ0n) is 14.0. The maximum atomic E-state index is 12.8. The van der Waals surface area contributed by atoms with Gasteiger partial charge in [0.15, 0.2) is 0 Å². The van der Waals surface area contributed by atoms with Crippen LogP contribution < -0.4 is 0 Å². The summed E-state index contributed by atoms with van der Waals surface area (Å²) in [4.78, 5) is 16.4. The molecule has 3 rings (SSSR count). The molecule has 1 saturated heterocycles. The molecule has 0 bridgehead atoms. The second-order valence-corrected chi connectivity index (χ2v) is 7.09. The third-order valence-electron chi connectivity index (χ3n) is 4.45. The van der Waals surface area contributed by atoms with Crippen LogP contribution >= 0.6 is 15.9 Å². The number of hydrogen-bond acceptors (Lipinski definition) is 2. The predicted octanol–water partition coefficient (Wildman–Crippen LogP) is 4.43. The number of carbonyl (C=O) groups is 1. The standard InChI is InChI=1S/C19H18BrF3N2O/c20-17-7-2-1-4-15(17)13-24-8-10-25(11-9-24)18(26)14-5-3-6-16(12-14)19(21,22)23/h1-7,12H,8-11,13H2. The molecule has 1 heterocycles. The van der Waals surface area contributed by atoms with Crippen molar-refractivity contribution < 1.29 is 18.0 Å². The molecule has 1 aliphatic heterocycles. The van der Waals surface area contributed by atoms with Crippen molar-refractivity contribution in [2.24, 2.45) is 0 Å². The van der Waals surface area contributed by atoms with Crippen molar-refractivity contribution in [2.45, 2.75) is 12.7 Å². The van der Waals surface area contributed by atoms with Crippen LogP contribution in [0, 0.1) is 0 Å². The van der Waals surface area contributed by atoms with Crippen molar-refractivity contribution in [3.63, 3.8) is 0 Å². The number of rotatable bonds is 3. The Hall–Kier alpha value is -1.86. The van der Waals surface area contributed by atoms with Crippen molar-refractivity contribution in [3.8, 4) is 0 Å². The first-order valence-corrected chi connectivity index (χ1v) is 9.06. The summed E-state index contributed by atoms with van der Waals surface area (Å²) >= 11 is 3.53. The van der Waals surface area contributed by atoms with Crippen LogP contribution in [-0.4, -0.2) is 41.9 Å². The van der Waals surface area contributed by atoms with Gasteiger partial charge in [-0.3, -0.25) is 9.69 Å². The molecule has 0 aromatic heterocycles. The van der Waals surface area contributed by atoms with E-state index in [9.17, 15) is 18.0 Å². The predicted molar refractivity (Wildman–Crippen MR) is 96.8 cm³/mol. The highest BCUT2D eigenvalue weighted by atomic mass is 79.9. The van der Waals surface area contributed by atoms with E-state index >= 15 is 0 Å². The molecule has 138 valence electrons. The van der Waals surface area contributed by atoms with Gasteiger partial charge in [-0.2, -0.15) is 13.2 Å². The van der Waals surface area contributed by atoms with Gasteiger partial charge in [-0.05, 0) is 29.8 Å². The second-order valence-electron chi connectivity index (χ2n) is 6.24. The maximum absolute atomic E-state index is 12.8. The Labute approximate surface area is 158 Å². The summed E-state index contributed by atoms with van der Waals surface area (Å²) in [5.74, 6) is -0.350. The van der Waals surface area contributed by atoms with Gasteiger partial charge in [-0.1, -0.05) is 40.2 Å². The topological polar surface area (TPSA) is 23.6 Å². The van der Waals surface area contributed by atoms with E-state index in [0.29, 0.717) is 26.2 Å². The van der Waals surface area contributed by atoms with Crippen molar-refractivity contribution in [2.75, 3.05) is 26.2 Å². The molecule has 2 aromatic carbocycles. The molecular formula is C19H18BrF3N2O. The smallest absolute Gasteiger partial charge is 0.336 e. The number of nitrogens with zero attached hydrogens (tertiary/aromatic N) is 2. The number of halogens is 4. The quantitative estimate of drug-likeness (QED) is 0.724. The summed E-state index contributed by atoms with van der Waals surface area (Å²) in [6, 6.07) is 12.6. The van der Waals surface area contributed by atoms with Gasteiger partial charge in [0, 0.05) is 42.8 Å². The Kier molecular flexibility index (Phi) is 5.67. The fraction of sp³-hybridized carbons (Fsp3) is 0.316. The SMILES string of the molecule is O=C(c1cccc(C(F)(F)F)c1)N1CCN(Cc2ccccc2Br)CC1. The molecule has 0 spiro atoms. The Morgan fingerprint density at radius 2 is 1.69 bits per heavy atom. The van der Waals surface area contributed by atoms with E-state index in [-0.39, 0.29) is 11.5 Å². The van der Waals surface area contributed by atoms with Crippen LogP contribution in [0.1, 0.15) is 21.5 Å². The molecule has 0 radical (unpaired) electrons. The van der Waals surface area contributed by atoms with Gasteiger partial charge in [0.25, 0.3) is 5.91 Å². The van der Waals surface area contributed by atoms with E-state index in [1.165, 1.54) is 17.7 Å². The monoisotopic (exact) mass is 426 g/mol. The minimum Gasteiger partial charge on any atom is -0.336 e. The molecule has 0 saturated carbocycles. The van der Waals surface area contributed by atoms with Crippen molar-refractivity contribution in [1.29, 1.82) is 0 Å². The first-order chi connectivity index (χ1) is 12.3. The van der Waals surface area contributed by atoms with Gasteiger partial charge in [0.1, 0.15) is 0 Å². The molecule has 0 unspecified atom stereocenters. The normalized spacial score (nSPS) is 15.9. The van der Waals surface area contributed by atoms with Crippen LogP contribution in [0.2, 0.25) is 0 Å². The minimum absolute atomic E-state index is 0.0825. The van der Waals surface area contributed by atoms with Crippen LogP contribution in [0.5, 0.6) is 0 Å². The van der Waals surface area contributed by atoms with Crippen molar-refractivity contribution in [1.82, 2.24) is 9.80 Å². The lowest BCUT2D eigenvalue weighted by Crippen LogP contribution is -2.48. The maximum Gasteiger partial charge on any atom is 0.416 e. The number of benzene rings is 2. The highest BCUT2D eigenvalue weighted by Gasteiger charge is 2.31. The van der Waals surface area contributed by atoms with E-state index in [4.69, 9.17) is 0 Å². The lowest BCUT2D eigenvalue weighted by Gasteiger charge is -2.35. The molecule has 0 N–H and O–H groups in total. The first-order valence-electron chi connectivity index (χ1n) is 8.27. The van der Waals surface area contributed by atoms with Gasteiger partial charge in [-0.25, -0.2) is 0 Å². The molecule has 26 heavy (non-hydrogen) atoms. The number of piperazine rings is 1. The van der Waals surface area contributed by atoms with E-state index in [1.54, 1.807) is 4.90 Å². The molecule has 1 fully saturated rings. The number of alkyl halides is 3. The van der Waals surface area contributed by atoms with Crippen molar-refractivity contribution in [3.05, 3.63) is 69.7 Å². The summed E-state index contributed by atoms with van der Waals surface area (Å²) in [7, 11) is 0. The molecule has 1 amide bonds. The highest BCUT2D eigenvalue weighted by Crippen LogP contribution is 2.30. The average molecular weight is 427 g/mol. The minimum atomic E-state index is -4.45. The summed E-state index contributed by atoms with van der Waals surface area (Å²) in [6.07, 6.45) is -4.45. The molecule has 3 nitrogen and oxygen atoms in total. The molecule has 2 aromatic rings. The van der Waals surface area contributed by atoms with Gasteiger partial charge >= 0.3 is 6.18 Å². The Bertz CT molecular complexity index is 786. The summed E-state index contributed by atoms with van der Waals surface area (Å²) < 4.78 is 39.5. The van der Waals surface area contributed by atoms with Crippen LogP contribution in [0.3, 0.4) is 0 Å². The summed E-state index contributed by atoms with van der Waals surface area (Å²) in [5, 5.41) is 0. The zero-order valence-corrected chi connectivity index (χ0v) is 15.6. The fourth-order valence-corrected chi connectivity index (χ4v) is 3.40. The van der Waals surface area contributed by atoms with E-state index in [1.807, 2.05) is 24.3 Å². The molecule has 0 atom stereocenters. The van der Waals surface area contributed by atoms with Gasteiger partial charge in [-0.15, -0.1) is 0 Å². The first kappa shape index (κ1) is 18.9. The van der Waals surface area contributed by atoms with Crippen LogP contribution in [0.25, 0.3) is 0 Å². The highest BCUT2D eigenvalue weighted by molar-refractivity contribution is 9.10. The largest absolute Gasteiger partial charge is 0.416 e. The number of hydrogen-bond donors (Lipinski definition) is 0. The molecular weight excluding hydrogens is 409 g/mol. The Morgan fingerprint density at radius 3 is 2.35 bits per heavy atom. The van der Waals surface area contributed by atoms with Gasteiger partial charge < -0.3 is 4.90 Å². The summed E-state index contributed by atoms with van der Waals surface area (Å²) in [5.41, 5.74) is 0.458. The molecule has 0 aliphatic carbocycles. The number of amides is 1. The van der Waals surface area contributed by atoms with Crippen LogP contribution in [0.4, 0.5) is 13.2 Å². The Balaban J connectivity index is 1.61. The van der Waals surface area contributed by atoms with E-state index < -0.39 is 11.7 Å². The third kappa shape index (κ3) is 4.45. The lowest BCUT2D eigenvalue weighted by atomic mass is 10.1. The third-order valence-corrected chi connectivity index (χ3v) is 5.22. The van der Waals surface area contributed by atoms with E-state index in [2.05, 4.69) is 20.8 Å². The number of carbonyl (C=O) groups excluding carboxylic acids is 1. The fourth-order valence-electron chi connectivity index (χ4n) is 2.99. The Morgan fingerprint density at radius 1 is 1.00 bits per heavy atom. The lowest BCUT2D eigenvalue weighted by molar-refractivity contribution is -0.137. The van der Waals surface area contributed by atoms with Crippen molar-refractivity contribution >= 4 is 21.8 Å². The van der Waals surface area contributed by atoms with E-state index in [0.717, 1.165) is 23.2 Å². The second kappa shape index (κ2) is 7.80. The van der Waals surface area contributed by atoms with Gasteiger partial charge in [0.05, 0.1) is 5.56 Å². The zero-order chi connectivity index (χ0) is 18.7. The molecule has 7 heteroatoms. The molecule has 1 aliphatic rings. The van der Waals surface area contributed by atoms with Crippen LogP contribution in [0.15, 0.2) is 53.0 Å². The van der Waals surface area contributed by atoms with Gasteiger partial charge in [0.2, 0.25) is 0 Å². The summed E-state index contributed by atoms with van der Waals surface area (Å²) in [6.45, 7) is 3.14.